The van der Waals surface area contributed by atoms with Crippen LogP contribution in [-0.2, 0) is 0 Å². The number of nitrogens with one attached hydrogen (secondary N) is 1. The number of hydrogen-bond donors (Lipinski definition) is 2. The zero-order valence-corrected chi connectivity index (χ0v) is 13.8. The van der Waals surface area contributed by atoms with Crippen molar-refractivity contribution in [3.8, 4) is 11.5 Å². The number of benzene rings is 2. The molecule has 5 nitrogen and oxygen atoms in total. The fraction of sp³-hybridized carbons (Fsp3) is 0.118. The van der Waals surface area contributed by atoms with Crippen molar-refractivity contribution in [1.29, 1.82) is 0 Å². The minimum atomic E-state index is -0.483. The van der Waals surface area contributed by atoms with Gasteiger partial charge >= 0.3 is 0 Å². The summed E-state index contributed by atoms with van der Waals surface area (Å²) in [5.74, 6) is 1.02. The van der Waals surface area contributed by atoms with Crippen molar-refractivity contribution in [2.45, 2.75) is 0 Å². The molecule has 0 bridgehead atoms. The fourth-order valence-corrected chi connectivity index (χ4v) is 2.66. The van der Waals surface area contributed by atoms with Crippen LogP contribution >= 0.6 is 11.6 Å². The van der Waals surface area contributed by atoms with Gasteiger partial charge in [-0.3, -0.25) is 0 Å². The third-order valence-electron chi connectivity index (χ3n) is 3.63. The lowest BCUT2D eigenvalue weighted by Crippen LogP contribution is -2.00. The zero-order chi connectivity index (χ0) is 17.3. The Hall–Kier alpha value is -2.73. The molecule has 0 atom stereocenters. The van der Waals surface area contributed by atoms with Crippen LogP contribution < -0.4 is 20.5 Å². The molecule has 0 saturated heterocycles. The first-order valence-corrected chi connectivity index (χ1v) is 7.44. The maximum Gasteiger partial charge on any atom is 0.184 e. The van der Waals surface area contributed by atoms with Crippen LogP contribution in [0.3, 0.4) is 0 Å². The van der Waals surface area contributed by atoms with Gasteiger partial charge in [0.1, 0.15) is 11.6 Å². The summed E-state index contributed by atoms with van der Waals surface area (Å²) in [5, 5.41) is 4.65. The molecule has 0 spiro atoms. The summed E-state index contributed by atoms with van der Waals surface area (Å²) in [6.07, 6.45) is 1.62. The third-order valence-corrected chi connectivity index (χ3v) is 3.92. The standard InChI is InChI=1S/C17H15ClFN3O2/c1-23-14-8-11-10(15(20)16(14)24-2)5-6-21-17(11)22-9-3-4-13(19)12(18)7-9/h3-8H,20H2,1-2H3,(H,21,22). The topological polar surface area (TPSA) is 69.4 Å². The first kappa shape index (κ1) is 16.1. The summed E-state index contributed by atoms with van der Waals surface area (Å²) in [5.41, 5.74) is 7.24. The molecular formula is C17H15ClFN3O2. The highest BCUT2D eigenvalue weighted by molar-refractivity contribution is 6.31. The Morgan fingerprint density at radius 2 is 1.92 bits per heavy atom. The van der Waals surface area contributed by atoms with Crippen molar-refractivity contribution in [3.63, 3.8) is 0 Å². The maximum absolute atomic E-state index is 13.3. The van der Waals surface area contributed by atoms with Gasteiger partial charge in [-0.25, -0.2) is 9.37 Å². The van der Waals surface area contributed by atoms with Gasteiger partial charge in [-0.15, -0.1) is 0 Å². The number of fused-ring (bicyclic) bond motifs is 1. The first-order valence-electron chi connectivity index (χ1n) is 7.06. The lowest BCUT2D eigenvalue weighted by atomic mass is 10.1. The van der Waals surface area contributed by atoms with E-state index in [-0.39, 0.29) is 5.02 Å². The van der Waals surface area contributed by atoms with Crippen LogP contribution in [0.25, 0.3) is 10.8 Å². The van der Waals surface area contributed by atoms with Crippen LogP contribution in [0.15, 0.2) is 36.5 Å². The largest absolute Gasteiger partial charge is 0.493 e. The molecule has 0 unspecified atom stereocenters. The number of aromatic nitrogens is 1. The predicted molar refractivity (Wildman–Crippen MR) is 94.0 cm³/mol. The summed E-state index contributed by atoms with van der Waals surface area (Å²) in [6, 6.07) is 7.92. The van der Waals surface area contributed by atoms with Crippen molar-refractivity contribution < 1.29 is 13.9 Å². The van der Waals surface area contributed by atoms with Crippen molar-refractivity contribution in [2.24, 2.45) is 0 Å². The third kappa shape index (κ3) is 2.76. The number of halogens is 2. The summed E-state index contributed by atoms with van der Waals surface area (Å²) in [4.78, 5) is 4.33. The quantitative estimate of drug-likeness (QED) is 0.686. The fourth-order valence-electron chi connectivity index (χ4n) is 2.48. The molecular weight excluding hydrogens is 333 g/mol. The molecule has 3 N–H and O–H groups in total. The van der Waals surface area contributed by atoms with E-state index in [0.717, 1.165) is 10.8 Å². The second-order valence-corrected chi connectivity index (χ2v) is 5.44. The number of pyridine rings is 1. The number of nitrogens with zero attached hydrogens (tertiary/aromatic N) is 1. The van der Waals surface area contributed by atoms with Crippen LogP contribution in [0.4, 0.5) is 21.6 Å². The molecule has 24 heavy (non-hydrogen) atoms. The average Bonchev–Trinajstić information content (AvgIpc) is 2.58. The Balaban J connectivity index is 2.14. The van der Waals surface area contributed by atoms with Crippen LogP contribution in [0, 0.1) is 5.82 Å². The average molecular weight is 348 g/mol. The van der Waals surface area contributed by atoms with Gasteiger partial charge in [0.15, 0.2) is 11.5 Å². The molecule has 0 aliphatic heterocycles. The molecule has 2 aromatic carbocycles. The number of methoxy groups -OCH3 is 2. The second-order valence-electron chi connectivity index (χ2n) is 5.03. The molecule has 0 aliphatic rings. The molecule has 1 heterocycles. The summed E-state index contributed by atoms with van der Waals surface area (Å²) in [7, 11) is 3.06. The van der Waals surface area contributed by atoms with Gasteiger partial charge in [0.25, 0.3) is 0 Å². The molecule has 7 heteroatoms. The lowest BCUT2D eigenvalue weighted by Gasteiger charge is -2.15. The van der Waals surface area contributed by atoms with E-state index in [9.17, 15) is 4.39 Å². The van der Waals surface area contributed by atoms with Crippen molar-refractivity contribution in [1.82, 2.24) is 4.98 Å². The van der Waals surface area contributed by atoms with E-state index < -0.39 is 5.82 Å². The molecule has 1 aromatic heterocycles. The molecule has 0 radical (unpaired) electrons. The molecule has 0 aliphatic carbocycles. The molecule has 3 rings (SSSR count). The summed E-state index contributed by atoms with van der Waals surface area (Å²) in [6.45, 7) is 0. The molecule has 0 saturated carbocycles. The van der Waals surface area contributed by atoms with Crippen molar-refractivity contribution in [2.75, 3.05) is 25.3 Å². The van der Waals surface area contributed by atoms with Gasteiger partial charge in [0, 0.05) is 22.7 Å². The summed E-state index contributed by atoms with van der Waals surface area (Å²) < 4.78 is 23.9. The van der Waals surface area contributed by atoms with Gasteiger partial charge in [0.2, 0.25) is 0 Å². The highest BCUT2D eigenvalue weighted by Crippen LogP contribution is 2.41. The van der Waals surface area contributed by atoms with Crippen molar-refractivity contribution in [3.05, 3.63) is 47.4 Å². The Morgan fingerprint density at radius 1 is 1.12 bits per heavy atom. The molecule has 0 amide bonds. The Kier molecular flexibility index (Phi) is 4.31. The highest BCUT2D eigenvalue weighted by Gasteiger charge is 2.15. The van der Waals surface area contributed by atoms with Gasteiger partial charge in [-0.1, -0.05) is 11.6 Å². The molecule has 0 fully saturated rings. The van der Waals surface area contributed by atoms with Crippen LogP contribution in [0.2, 0.25) is 5.02 Å². The van der Waals surface area contributed by atoms with E-state index in [1.54, 1.807) is 24.4 Å². The number of hydrogen-bond acceptors (Lipinski definition) is 5. The Labute approximate surface area is 143 Å². The van der Waals surface area contributed by atoms with Crippen LogP contribution in [-0.4, -0.2) is 19.2 Å². The number of anilines is 3. The minimum Gasteiger partial charge on any atom is -0.493 e. The highest BCUT2D eigenvalue weighted by atomic mass is 35.5. The number of ether oxygens (including phenoxy) is 2. The van der Waals surface area contributed by atoms with Gasteiger partial charge in [0.05, 0.1) is 24.9 Å². The van der Waals surface area contributed by atoms with E-state index in [0.29, 0.717) is 28.7 Å². The zero-order valence-electron chi connectivity index (χ0n) is 13.1. The lowest BCUT2D eigenvalue weighted by molar-refractivity contribution is 0.357. The van der Waals surface area contributed by atoms with Crippen molar-refractivity contribution >= 4 is 39.6 Å². The van der Waals surface area contributed by atoms with E-state index in [2.05, 4.69) is 10.3 Å². The monoisotopic (exact) mass is 347 g/mol. The van der Waals surface area contributed by atoms with E-state index in [4.69, 9.17) is 26.8 Å². The van der Waals surface area contributed by atoms with E-state index >= 15 is 0 Å². The SMILES string of the molecule is COc1cc2c(Nc3ccc(F)c(Cl)c3)nccc2c(N)c1OC. The minimum absolute atomic E-state index is 0.0269. The number of rotatable bonds is 4. The van der Waals surface area contributed by atoms with Crippen LogP contribution in [0.1, 0.15) is 0 Å². The molecule has 3 aromatic rings. The summed E-state index contributed by atoms with van der Waals surface area (Å²) >= 11 is 5.82. The maximum atomic E-state index is 13.3. The Bertz CT molecular complexity index is 918. The van der Waals surface area contributed by atoms with E-state index in [1.165, 1.54) is 26.4 Å². The second kappa shape index (κ2) is 6.41. The normalized spacial score (nSPS) is 10.7. The predicted octanol–water partition coefficient (Wildman–Crippen LogP) is 4.37. The molecule has 124 valence electrons. The van der Waals surface area contributed by atoms with E-state index in [1.807, 2.05) is 0 Å². The number of nitrogen functional groups attached to an aromatic ring is 1. The first-order chi connectivity index (χ1) is 11.5. The number of nitrogens with two attached hydrogens (primary N) is 1. The van der Waals surface area contributed by atoms with Gasteiger partial charge < -0.3 is 20.5 Å². The smallest absolute Gasteiger partial charge is 0.184 e. The Morgan fingerprint density at radius 3 is 2.58 bits per heavy atom. The van der Waals surface area contributed by atoms with Crippen LogP contribution in [0.5, 0.6) is 11.5 Å². The van der Waals surface area contributed by atoms with Gasteiger partial charge in [-0.2, -0.15) is 0 Å². The van der Waals surface area contributed by atoms with Gasteiger partial charge in [-0.05, 0) is 30.3 Å².